The summed E-state index contributed by atoms with van der Waals surface area (Å²) in [4.78, 5) is 9.69. The first-order valence-electron chi connectivity index (χ1n) is 17.1. The Morgan fingerprint density at radius 1 is 0.393 bits per heavy atom. The molecule has 8 rings (SSSR count). The number of benzene rings is 6. The summed E-state index contributed by atoms with van der Waals surface area (Å²) in [7, 11) is -6.59. The van der Waals surface area contributed by atoms with Crippen LogP contribution < -0.4 is 0 Å². The lowest BCUT2D eigenvalue weighted by molar-refractivity contribution is 0.588. The van der Waals surface area contributed by atoms with Gasteiger partial charge in [-0.25, -0.2) is 35.6 Å². The largest absolute Gasteiger partial charge is 0.435 e. The summed E-state index contributed by atoms with van der Waals surface area (Å²) in [6, 6.07) is 43.7. The molecule has 0 atom stereocenters. The molecule has 0 saturated carbocycles. The molecule has 8 nitrogen and oxygen atoms in total. The second-order valence-electron chi connectivity index (χ2n) is 12.7. The number of rotatable bonds is 8. The lowest BCUT2D eigenvalue weighted by Crippen LogP contribution is -1.96. The molecule has 0 aliphatic rings. The SMILES string of the molecule is CS(=O)(=O)c1ccc(-c2oc(-c3ccccc3)nc2-c2ccc(F)cc2)cc1.CS(=O)(=O)c1ccc(-c2oc(-c3ccccc3)nc2-c2ccc(F)cc2)cc1. The molecule has 0 fully saturated rings. The van der Waals surface area contributed by atoms with E-state index in [2.05, 4.69) is 9.97 Å². The van der Waals surface area contributed by atoms with Gasteiger partial charge in [0.15, 0.2) is 31.2 Å². The lowest BCUT2D eigenvalue weighted by Gasteiger charge is -2.03. The van der Waals surface area contributed by atoms with Gasteiger partial charge in [-0.15, -0.1) is 0 Å². The molecule has 0 aliphatic carbocycles. The van der Waals surface area contributed by atoms with Crippen molar-refractivity contribution in [1.29, 1.82) is 0 Å². The molecule has 2 heterocycles. The predicted octanol–water partition coefficient (Wildman–Crippen LogP) is 10.4. The fourth-order valence-electron chi connectivity index (χ4n) is 5.75. The molecule has 56 heavy (non-hydrogen) atoms. The zero-order valence-corrected chi connectivity index (χ0v) is 31.6. The Kier molecular flexibility index (Phi) is 10.6. The van der Waals surface area contributed by atoms with Gasteiger partial charge >= 0.3 is 0 Å². The minimum absolute atomic E-state index is 0.224. The van der Waals surface area contributed by atoms with E-state index in [1.165, 1.54) is 48.5 Å². The van der Waals surface area contributed by atoms with Crippen molar-refractivity contribution in [3.63, 3.8) is 0 Å². The second-order valence-corrected chi connectivity index (χ2v) is 16.8. The van der Waals surface area contributed by atoms with Crippen molar-refractivity contribution >= 4 is 19.7 Å². The van der Waals surface area contributed by atoms with Crippen molar-refractivity contribution < 1.29 is 34.5 Å². The molecule has 6 aromatic carbocycles. The van der Waals surface area contributed by atoms with Gasteiger partial charge in [0.05, 0.1) is 9.79 Å². The molecule has 0 aliphatic heterocycles. The molecule has 0 radical (unpaired) electrons. The number of nitrogens with zero attached hydrogens (tertiary/aromatic N) is 2. The molecule has 0 spiro atoms. The van der Waals surface area contributed by atoms with Crippen LogP contribution in [0.4, 0.5) is 8.78 Å². The van der Waals surface area contributed by atoms with Crippen molar-refractivity contribution in [1.82, 2.24) is 9.97 Å². The smallest absolute Gasteiger partial charge is 0.227 e. The number of hydrogen-bond acceptors (Lipinski definition) is 8. The molecule has 2 aromatic heterocycles. The molecule has 0 bridgehead atoms. The van der Waals surface area contributed by atoms with Gasteiger partial charge in [0.25, 0.3) is 0 Å². The highest BCUT2D eigenvalue weighted by molar-refractivity contribution is 7.91. The van der Waals surface area contributed by atoms with Gasteiger partial charge in [0.2, 0.25) is 11.8 Å². The third kappa shape index (κ3) is 8.57. The third-order valence-corrected chi connectivity index (χ3v) is 10.9. The third-order valence-electron chi connectivity index (χ3n) is 8.62. The summed E-state index contributed by atoms with van der Waals surface area (Å²) in [5, 5.41) is 0. The quantitative estimate of drug-likeness (QED) is 0.149. The van der Waals surface area contributed by atoms with Crippen LogP contribution in [0, 0.1) is 11.6 Å². The maximum absolute atomic E-state index is 13.4. The van der Waals surface area contributed by atoms with Crippen molar-refractivity contribution in [2.75, 3.05) is 12.5 Å². The van der Waals surface area contributed by atoms with Gasteiger partial charge in [-0.2, -0.15) is 0 Å². The number of sulfone groups is 2. The van der Waals surface area contributed by atoms with Crippen LogP contribution in [-0.4, -0.2) is 39.3 Å². The van der Waals surface area contributed by atoms with E-state index in [1.807, 2.05) is 60.7 Å². The van der Waals surface area contributed by atoms with Gasteiger partial charge in [0.1, 0.15) is 23.0 Å². The average Bonchev–Trinajstić information content (AvgIpc) is 3.86. The minimum Gasteiger partial charge on any atom is -0.435 e. The van der Waals surface area contributed by atoms with Crippen LogP contribution >= 0.6 is 0 Å². The zero-order valence-electron chi connectivity index (χ0n) is 29.9. The van der Waals surface area contributed by atoms with E-state index in [9.17, 15) is 25.6 Å². The topological polar surface area (TPSA) is 120 Å². The van der Waals surface area contributed by atoms with Crippen LogP contribution in [0.25, 0.3) is 68.1 Å². The van der Waals surface area contributed by atoms with Crippen molar-refractivity contribution in [3.8, 4) is 68.1 Å². The maximum atomic E-state index is 13.4. The van der Waals surface area contributed by atoms with Crippen molar-refractivity contribution in [2.45, 2.75) is 9.79 Å². The molecule has 8 aromatic rings. The van der Waals surface area contributed by atoms with Gasteiger partial charge < -0.3 is 8.83 Å². The van der Waals surface area contributed by atoms with Crippen LogP contribution in [0.3, 0.4) is 0 Å². The van der Waals surface area contributed by atoms with E-state index in [1.54, 1.807) is 48.5 Å². The molecule has 0 saturated heterocycles. The number of hydrogen-bond donors (Lipinski definition) is 0. The Balaban J connectivity index is 0.000000172. The highest BCUT2D eigenvalue weighted by atomic mass is 32.2. The number of aromatic nitrogens is 2. The van der Waals surface area contributed by atoms with Crippen LogP contribution in [0.15, 0.2) is 176 Å². The highest BCUT2D eigenvalue weighted by Gasteiger charge is 2.21. The van der Waals surface area contributed by atoms with E-state index in [0.717, 1.165) is 23.6 Å². The standard InChI is InChI=1S/2C22H16FNO3S/c2*1-28(25,26)19-13-9-16(10-14-19)21-20(15-7-11-18(23)12-8-15)24-22(27-21)17-5-3-2-4-6-17/h2*2-14H,1H3. The first-order chi connectivity index (χ1) is 26.8. The summed E-state index contributed by atoms with van der Waals surface area (Å²) < 4.78 is 85.7. The molecular formula is C44H32F2N2O6S2. The van der Waals surface area contributed by atoms with Crippen LogP contribution in [-0.2, 0) is 19.7 Å². The second kappa shape index (κ2) is 15.7. The van der Waals surface area contributed by atoms with E-state index in [0.29, 0.717) is 56.9 Å². The summed E-state index contributed by atoms with van der Waals surface area (Å²) >= 11 is 0. The van der Waals surface area contributed by atoms with E-state index in [-0.39, 0.29) is 21.4 Å². The Morgan fingerprint density at radius 2 is 0.696 bits per heavy atom. The first kappa shape index (κ1) is 37.8. The average molecular weight is 787 g/mol. The van der Waals surface area contributed by atoms with Crippen molar-refractivity contribution in [3.05, 3.63) is 169 Å². The molecule has 0 unspecified atom stereocenters. The minimum atomic E-state index is -3.29. The van der Waals surface area contributed by atoms with Gasteiger partial charge in [-0.05, 0) is 121 Å². The highest BCUT2D eigenvalue weighted by Crippen LogP contribution is 2.38. The van der Waals surface area contributed by atoms with E-state index >= 15 is 0 Å². The van der Waals surface area contributed by atoms with E-state index in [4.69, 9.17) is 8.83 Å². The zero-order chi connectivity index (χ0) is 39.5. The Hall–Kier alpha value is -6.50. The van der Waals surface area contributed by atoms with Crippen LogP contribution in [0.1, 0.15) is 0 Å². The molecule has 280 valence electrons. The predicted molar refractivity (Wildman–Crippen MR) is 212 cm³/mol. The lowest BCUT2D eigenvalue weighted by atomic mass is 10.1. The molecule has 12 heteroatoms. The van der Waals surface area contributed by atoms with Gasteiger partial charge in [-0.3, -0.25) is 0 Å². The van der Waals surface area contributed by atoms with Crippen molar-refractivity contribution in [2.24, 2.45) is 0 Å². The molecular weight excluding hydrogens is 755 g/mol. The van der Waals surface area contributed by atoms with Crippen LogP contribution in [0.2, 0.25) is 0 Å². The Labute approximate surface area is 322 Å². The maximum Gasteiger partial charge on any atom is 0.227 e. The van der Waals surface area contributed by atoms with Gasteiger partial charge in [-0.1, -0.05) is 36.4 Å². The first-order valence-corrected chi connectivity index (χ1v) is 20.9. The summed E-state index contributed by atoms with van der Waals surface area (Å²) in [5.41, 5.74) is 5.51. The fourth-order valence-corrected chi connectivity index (χ4v) is 7.01. The summed E-state index contributed by atoms with van der Waals surface area (Å²) in [6.45, 7) is 0. The molecule has 0 amide bonds. The summed E-state index contributed by atoms with van der Waals surface area (Å²) in [6.07, 6.45) is 2.32. The Morgan fingerprint density at radius 3 is 1.00 bits per heavy atom. The molecule has 0 N–H and O–H groups in total. The number of halogens is 2. The summed E-state index contributed by atoms with van der Waals surface area (Å²) in [5.74, 6) is 1.17. The normalized spacial score (nSPS) is 11.5. The number of oxazole rings is 2. The van der Waals surface area contributed by atoms with E-state index < -0.39 is 19.7 Å². The Bertz CT molecular complexity index is 2630. The monoisotopic (exact) mass is 786 g/mol. The van der Waals surface area contributed by atoms with Gasteiger partial charge in [0, 0.05) is 45.9 Å². The van der Waals surface area contributed by atoms with Crippen LogP contribution in [0.5, 0.6) is 0 Å². The fraction of sp³-hybridized carbons (Fsp3) is 0.0455.